The van der Waals surface area contributed by atoms with Crippen LogP contribution < -0.4 is 20.1 Å². The maximum atomic E-state index is 12.5. The van der Waals surface area contributed by atoms with Gasteiger partial charge in [-0.15, -0.1) is 0 Å². The highest BCUT2D eigenvalue weighted by atomic mass is 16.5. The van der Waals surface area contributed by atoms with E-state index in [1.165, 1.54) is 0 Å². The van der Waals surface area contributed by atoms with Crippen LogP contribution in [0.1, 0.15) is 21.6 Å². The van der Waals surface area contributed by atoms with Crippen molar-refractivity contribution in [2.24, 2.45) is 0 Å². The second kappa shape index (κ2) is 8.43. The van der Waals surface area contributed by atoms with Crippen molar-refractivity contribution in [2.45, 2.75) is 13.8 Å². The number of ether oxygens (including phenoxy) is 2. The van der Waals surface area contributed by atoms with Crippen molar-refractivity contribution in [3.8, 4) is 11.5 Å². The number of methoxy groups -OCH3 is 2. The Kier molecular flexibility index (Phi) is 5.79. The van der Waals surface area contributed by atoms with Crippen LogP contribution >= 0.6 is 0 Å². The second-order valence-corrected chi connectivity index (χ2v) is 6.40. The first-order chi connectivity index (χ1) is 13.5. The summed E-state index contributed by atoms with van der Waals surface area (Å²) in [6.07, 6.45) is 1.61. The minimum Gasteiger partial charge on any atom is -0.497 e. The third-order valence-electron chi connectivity index (χ3n) is 4.33. The van der Waals surface area contributed by atoms with Gasteiger partial charge in [-0.1, -0.05) is 12.1 Å². The van der Waals surface area contributed by atoms with Crippen molar-refractivity contribution in [1.82, 2.24) is 4.98 Å². The molecule has 3 aromatic rings. The van der Waals surface area contributed by atoms with E-state index >= 15 is 0 Å². The van der Waals surface area contributed by atoms with Gasteiger partial charge in [-0.25, -0.2) is 4.98 Å². The number of carbonyl (C=O) groups excluding carboxylic acids is 1. The maximum absolute atomic E-state index is 12.5. The Bertz CT molecular complexity index is 985. The van der Waals surface area contributed by atoms with Gasteiger partial charge in [0.1, 0.15) is 17.2 Å². The highest BCUT2D eigenvalue weighted by molar-refractivity contribution is 6.03. The summed E-state index contributed by atoms with van der Waals surface area (Å²) in [7, 11) is 3.20. The SMILES string of the molecule is COc1ccc(Nc2ccc(C(=O)Nc3cc(C)ccc3C)nc2)c(OC)c1. The Morgan fingerprint density at radius 1 is 0.929 bits per heavy atom. The minimum atomic E-state index is -0.248. The molecule has 6 heteroatoms. The molecule has 0 unspecified atom stereocenters. The molecular weight excluding hydrogens is 354 g/mol. The fraction of sp³-hybridized carbons (Fsp3) is 0.182. The third kappa shape index (κ3) is 4.40. The van der Waals surface area contributed by atoms with Crippen LogP contribution in [0.2, 0.25) is 0 Å². The molecule has 2 aromatic carbocycles. The number of amides is 1. The fourth-order valence-corrected chi connectivity index (χ4v) is 2.72. The molecule has 0 atom stereocenters. The number of pyridine rings is 1. The van der Waals surface area contributed by atoms with Gasteiger partial charge in [0.15, 0.2) is 0 Å². The lowest BCUT2D eigenvalue weighted by Gasteiger charge is -2.13. The number of aryl methyl sites for hydroxylation is 2. The lowest BCUT2D eigenvalue weighted by molar-refractivity contribution is 0.102. The van der Waals surface area contributed by atoms with E-state index < -0.39 is 0 Å². The molecule has 0 aliphatic carbocycles. The first-order valence-electron chi connectivity index (χ1n) is 8.84. The van der Waals surface area contributed by atoms with E-state index in [-0.39, 0.29) is 5.91 Å². The van der Waals surface area contributed by atoms with Crippen LogP contribution in [-0.2, 0) is 0 Å². The van der Waals surface area contributed by atoms with E-state index in [2.05, 4.69) is 15.6 Å². The molecule has 6 nitrogen and oxygen atoms in total. The summed E-state index contributed by atoms with van der Waals surface area (Å²) in [4.78, 5) is 16.8. The lowest BCUT2D eigenvalue weighted by Crippen LogP contribution is -2.14. The molecule has 1 amide bonds. The molecular formula is C22H23N3O3. The molecule has 1 heterocycles. The number of nitrogens with one attached hydrogen (secondary N) is 2. The quantitative estimate of drug-likeness (QED) is 0.651. The smallest absolute Gasteiger partial charge is 0.274 e. The van der Waals surface area contributed by atoms with Gasteiger partial charge < -0.3 is 20.1 Å². The number of nitrogens with zero attached hydrogens (tertiary/aromatic N) is 1. The fourth-order valence-electron chi connectivity index (χ4n) is 2.72. The van der Waals surface area contributed by atoms with Crippen LogP contribution in [0.4, 0.5) is 17.1 Å². The van der Waals surface area contributed by atoms with Crippen LogP contribution in [0.15, 0.2) is 54.7 Å². The van der Waals surface area contributed by atoms with E-state index in [9.17, 15) is 4.79 Å². The molecule has 0 saturated heterocycles. The highest BCUT2D eigenvalue weighted by Crippen LogP contribution is 2.31. The summed E-state index contributed by atoms with van der Waals surface area (Å²) in [5, 5.41) is 6.14. The molecule has 3 rings (SSSR count). The molecule has 28 heavy (non-hydrogen) atoms. The zero-order valence-corrected chi connectivity index (χ0v) is 16.4. The summed E-state index contributed by atoms with van der Waals surface area (Å²) in [6, 6.07) is 14.9. The standard InChI is InChI=1S/C22H23N3O3/c1-14-5-6-15(2)20(11-14)25-22(26)19-9-7-16(13-23-19)24-18-10-8-17(27-3)12-21(18)28-4/h5-13,24H,1-4H3,(H,25,26). The van der Waals surface area contributed by atoms with Crippen LogP contribution in [0.3, 0.4) is 0 Å². The Labute approximate surface area is 164 Å². The largest absolute Gasteiger partial charge is 0.497 e. The van der Waals surface area contributed by atoms with Crippen LogP contribution in [0.5, 0.6) is 11.5 Å². The summed E-state index contributed by atoms with van der Waals surface area (Å²) in [6.45, 7) is 3.94. The van der Waals surface area contributed by atoms with Crippen molar-refractivity contribution in [1.29, 1.82) is 0 Å². The second-order valence-electron chi connectivity index (χ2n) is 6.40. The summed E-state index contributed by atoms with van der Waals surface area (Å²) in [5.74, 6) is 1.11. The Morgan fingerprint density at radius 2 is 1.75 bits per heavy atom. The number of hydrogen-bond donors (Lipinski definition) is 2. The zero-order chi connectivity index (χ0) is 20.1. The number of benzene rings is 2. The van der Waals surface area contributed by atoms with E-state index in [0.717, 1.165) is 28.2 Å². The topological polar surface area (TPSA) is 72.5 Å². The third-order valence-corrected chi connectivity index (χ3v) is 4.33. The molecule has 0 fully saturated rings. The number of carbonyl (C=O) groups is 1. The maximum Gasteiger partial charge on any atom is 0.274 e. The molecule has 0 aliphatic rings. The molecule has 0 aliphatic heterocycles. The van der Waals surface area contributed by atoms with Crippen LogP contribution in [0.25, 0.3) is 0 Å². The molecule has 0 bridgehead atoms. The van der Waals surface area contributed by atoms with E-state index in [1.807, 2.05) is 44.2 Å². The van der Waals surface area contributed by atoms with Crippen molar-refractivity contribution >= 4 is 23.0 Å². The van der Waals surface area contributed by atoms with Crippen LogP contribution in [-0.4, -0.2) is 25.1 Å². The van der Waals surface area contributed by atoms with Gasteiger partial charge in [0.25, 0.3) is 5.91 Å². The molecule has 2 N–H and O–H groups in total. The van der Waals surface area contributed by atoms with Crippen molar-refractivity contribution in [3.63, 3.8) is 0 Å². The van der Waals surface area contributed by atoms with Gasteiger partial charge in [-0.05, 0) is 55.3 Å². The number of aromatic nitrogens is 1. The number of hydrogen-bond acceptors (Lipinski definition) is 5. The molecule has 0 spiro atoms. The number of anilines is 3. The van der Waals surface area contributed by atoms with Crippen molar-refractivity contribution in [2.75, 3.05) is 24.9 Å². The van der Waals surface area contributed by atoms with E-state index in [0.29, 0.717) is 17.2 Å². The van der Waals surface area contributed by atoms with Gasteiger partial charge >= 0.3 is 0 Å². The average molecular weight is 377 g/mol. The molecule has 144 valence electrons. The first-order valence-corrected chi connectivity index (χ1v) is 8.84. The lowest BCUT2D eigenvalue weighted by atomic mass is 10.1. The van der Waals surface area contributed by atoms with Gasteiger partial charge in [0.2, 0.25) is 0 Å². The van der Waals surface area contributed by atoms with Gasteiger partial charge in [0, 0.05) is 11.8 Å². The predicted octanol–water partition coefficient (Wildman–Crippen LogP) is 4.71. The highest BCUT2D eigenvalue weighted by Gasteiger charge is 2.10. The molecule has 0 saturated carbocycles. The summed E-state index contributed by atoms with van der Waals surface area (Å²) < 4.78 is 10.6. The van der Waals surface area contributed by atoms with Crippen molar-refractivity contribution in [3.05, 3.63) is 71.5 Å². The van der Waals surface area contributed by atoms with Gasteiger partial charge in [-0.2, -0.15) is 0 Å². The Morgan fingerprint density at radius 3 is 2.43 bits per heavy atom. The Hall–Kier alpha value is -3.54. The van der Waals surface area contributed by atoms with Crippen molar-refractivity contribution < 1.29 is 14.3 Å². The van der Waals surface area contributed by atoms with Crippen LogP contribution in [0, 0.1) is 13.8 Å². The normalized spacial score (nSPS) is 10.3. The molecule has 1 aromatic heterocycles. The first kappa shape index (κ1) is 19.2. The van der Waals surface area contributed by atoms with Gasteiger partial charge in [-0.3, -0.25) is 4.79 Å². The Balaban J connectivity index is 1.73. The number of rotatable bonds is 6. The monoisotopic (exact) mass is 377 g/mol. The van der Waals surface area contributed by atoms with E-state index in [4.69, 9.17) is 9.47 Å². The van der Waals surface area contributed by atoms with Gasteiger partial charge in [0.05, 0.1) is 31.8 Å². The average Bonchev–Trinajstić information content (AvgIpc) is 2.71. The molecule has 0 radical (unpaired) electrons. The van der Waals surface area contributed by atoms with E-state index in [1.54, 1.807) is 38.6 Å². The predicted molar refractivity (Wildman–Crippen MR) is 111 cm³/mol. The summed E-state index contributed by atoms with van der Waals surface area (Å²) in [5.41, 5.74) is 4.74. The summed E-state index contributed by atoms with van der Waals surface area (Å²) >= 11 is 0. The minimum absolute atomic E-state index is 0.248. The zero-order valence-electron chi connectivity index (χ0n) is 16.4.